The van der Waals surface area contributed by atoms with E-state index in [2.05, 4.69) is 15.3 Å². The number of rotatable bonds is 5. The van der Waals surface area contributed by atoms with Gasteiger partial charge in [0.25, 0.3) is 0 Å². The van der Waals surface area contributed by atoms with Crippen LogP contribution in [0.2, 0.25) is 0 Å². The number of ether oxygens (including phenoxy) is 2. The van der Waals surface area contributed by atoms with Crippen LogP contribution in [0.4, 0.5) is 19.5 Å². The number of nitrogens with one attached hydrogen (secondary N) is 1. The molecule has 0 bridgehead atoms. The maximum absolute atomic E-state index is 13.8. The number of nitrogens with zero attached hydrogens (tertiary/aromatic N) is 3. The summed E-state index contributed by atoms with van der Waals surface area (Å²) in [5.74, 6) is -0.592. The summed E-state index contributed by atoms with van der Waals surface area (Å²) >= 11 is 0. The molecule has 1 aliphatic rings. The van der Waals surface area contributed by atoms with Gasteiger partial charge in [0, 0.05) is 55.9 Å². The fourth-order valence-electron chi connectivity index (χ4n) is 3.33. The van der Waals surface area contributed by atoms with Crippen LogP contribution < -0.4 is 10.1 Å². The molecule has 31 heavy (non-hydrogen) atoms. The highest BCUT2D eigenvalue weighted by atomic mass is 19.1. The van der Waals surface area contributed by atoms with E-state index in [0.717, 1.165) is 6.07 Å². The first-order chi connectivity index (χ1) is 14.6. The Morgan fingerprint density at radius 2 is 2.06 bits per heavy atom. The third-order valence-corrected chi connectivity index (χ3v) is 4.83. The molecule has 1 N–H and O–H groups in total. The number of likely N-dealkylation sites (tertiary alicyclic amines) is 1. The molecule has 2 aromatic rings. The highest BCUT2D eigenvalue weighted by Crippen LogP contribution is 2.24. The van der Waals surface area contributed by atoms with Crippen molar-refractivity contribution in [2.45, 2.75) is 64.8 Å². The van der Waals surface area contributed by atoms with Gasteiger partial charge in [0.15, 0.2) is 0 Å². The SMILES string of the molecule is C[C@H]1C[C@@H](Oc2ccnc(NCc3ccc(F)cc3F)n2)CCN1C(=O)OC(C)(C)C. The summed E-state index contributed by atoms with van der Waals surface area (Å²) in [4.78, 5) is 22.5. The molecule has 1 aliphatic heterocycles. The second-order valence-corrected chi connectivity index (χ2v) is 8.59. The van der Waals surface area contributed by atoms with E-state index in [1.165, 1.54) is 12.1 Å². The maximum Gasteiger partial charge on any atom is 0.410 e. The number of piperidine rings is 1. The quantitative estimate of drug-likeness (QED) is 0.745. The minimum Gasteiger partial charge on any atom is -0.474 e. The van der Waals surface area contributed by atoms with E-state index < -0.39 is 17.2 Å². The number of anilines is 1. The number of carbonyl (C=O) groups is 1. The molecule has 0 saturated carbocycles. The Hall–Kier alpha value is -2.97. The van der Waals surface area contributed by atoms with Gasteiger partial charge in [-0.05, 0) is 33.8 Å². The Bertz CT molecular complexity index is 920. The van der Waals surface area contributed by atoms with Crippen LogP contribution in [0.5, 0.6) is 5.88 Å². The monoisotopic (exact) mass is 434 g/mol. The molecule has 1 aromatic carbocycles. The molecule has 2 heterocycles. The first kappa shape index (κ1) is 22.7. The fraction of sp³-hybridized carbons (Fsp3) is 0.500. The van der Waals surface area contributed by atoms with Crippen molar-refractivity contribution in [2.75, 3.05) is 11.9 Å². The standard InChI is InChI=1S/C22H28F2N4O3/c1-14-11-17(8-10-28(14)21(29)31-22(2,3)4)30-19-7-9-25-20(27-19)26-13-15-5-6-16(23)12-18(15)24/h5-7,9,12,14,17H,8,10-11,13H2,1-4H3,(H,25,26,27)/t14-,17-/m0/s1. The number of aromatic nitrogens is 2. The van der Waals surface area contributed by atoms with E-state index in [1.807, 2.05) is 27.7 Å². The third kappa shape index (κ3) is 6.50. The highest BCUT2D eigenvalue weighted by molar-refractivity contribution is 5.68. The topological polar surface area (TPSA) is 76.6 Å². The van der Waals surface area contributed by atoms with Crippen molar-refractivity contribution in [3.8, 4) is 5.88 Å². The van der Waals surface area contributed by atoms with E-state index in [4.69, 9.17) is 9.47 Å². The van der Waals surface area contributed by atoms with Gasteiger partial charge in [-0.15, -0.1) is 0 Å². The highest BCUT2D eigenvalue weighted by Gasteiger charge is 2.32. The molecule has 7 nitrogen and oxygen atoms in total. The van der Waals surface area contributed by atoms with E-state index in [0.29, 0.717) is 30.8 Å². The summed E-state index contributed by atoms with van der Waals surface area (Å²) in [5.41, 5.74) is -0.231. The number of amides is 1. The van der Waals surface area contributed by atoms with Crippen molar-refractivity contribution < 1.29 is 23.0 Å². The van der Waals surface area contributed by atoms with E-state index >= 15 is 0 Å². The zero-order valence-electron chi connectivity index (χ0n) is 18.2. The molecule has 1 amide bonds. The van der Waals surface area contributed by atoms with Crippen LogP contribution in [-0.4, -0.2) is 45.3 Å². The summed E-state index contributed by atoms with van der Waals surface area (Å²) in [6.07, 6.45) is 2.42. The van der Waals surface area contributed by atoms with Crippen molar-refractivity contribution in [3.63, 3.8) is 0 Å². The van der Waals surface area contributed by atoms with Gasteiger partial charge in [-0.2, -0.15) is 4.98 Å². The molecule has 2 atom stereocenters. The number of hydrogen-bond donors (Lipinski definition) is 1. The zero-order valence-corrected chi connectivity index (χ0v) is 18.2. The van der Waals surface area contributed by atoms with Crippen LogP contribution in [0.3, 0.4) is 0 Å². The smallest absolute Gasteiger partial charge is 0.410 e. The van der Waals surface area contributed by atoms with Crippen LogP contribution >= 0.6 is 0 Å². The second-order valence-electron chi connectivity index (χ2n) is 8.59. The molecular formula is C22H28F2N4O3. The first-order valence-corrected chi connectivity index (χ1v) is 10.3. The van der Waals surface area contributed by atoms with E-state index in [9.17, 15) is 13.6 Å². The molecule has 0 unspecified atom stereocenters. The number of hydrogen-bond acceptors (Lipinski definition) is 6. The summed E-state index contributed by atoms with van der Waals surface area (Å²) < 4.78 is 38.3. The predicted molar refractivity (Wildman–Crippen MR) is 112 cm³/mol. The van der Waals surface area contributed by atoms with Crippen LogP contribution in [0.25, 0.3) is 0 Å². The lowest BCUT2D eigenvalue weighted by atomic mass is 10.0. The molecule has 0 aliphatic carbocycles. The summed E-state index contributed by atoms with van der Waals surface area (Å²) in [6, 6.07) is 5.02. The fourth-order valence-corrected chi connectivity index (χ4v) is 3.33. The minimum absolute atomic E-state index is 0.0329. The average Bonchev–Trinajstić information content (AvgIpc) is 2.66. The lowest BCUT2D eigenvalue weighted by Gasteiger charge is -2.38. The maximum atomic E-state index is 13.8. The molecule has 1 saturated heterocycles. The molecule has 3 rings (SSSR count). The Morgan fingerprint density at radius 1 is 1.29 bits per heavy atom. The summed E-state index contributed by atoms with van der Waals surface area (Å²) in [7, 11) is 0. The van der Waals surface area contributed by atoms with Crippen molar-refractivity contribution in [3.05, 3.63) is 47.7 Å². The molecule has 9 heteroatoms. The van der Waals surface area contributed by atoms with Crippen LogP contribution in [0, 0.1) is 11.6 Å². The number of halogens is 2. The second kappa shape index (κ2) is 9.45. The van der Waals surface area contributed by atoms with E-state index in [-0.39, 0.29) is 30.7 Å². The molecule has 168 valence electrons. The van der Waals surface area contributed by atoms with Crippen molar-refractivity contribution in [2.24, 2.45) is 0 Å². The number of benzene rings is 1. The zero-order chi connectivity index (χ0) is 22.6. The van der Waals surface area contributed by atoms with Gasteiger partial charge in [-0.25, -0.2) is 18.6 Å². The van der Waals surface area contributed by atoms with Crippen LogP contribution in [0.1, 0.15) is 46.1 Å². The Morgan fingerprint density at radius 3 is 2.74 bits per heavy atom. The number of carbonyl (C=O) groups excluding carboxylic acids is 1. The van der Waals surface area contributed by atoms with Gasteiger partial charge in [0.1, 0.15) is 23.3 Å². The normalized spacial score (nSPS) is 19.1. The van der Waals surface area contributed by atoms with E-state index in [1.54, 1.807) is 17.2 Å². The van der Waals surface area contributed by atoms with Gasteiger partial charge in [-0.3, -0.25) is 0 Å². The molecular weight excluding hydrogens is 406 g/mol. The Kier molecular flexibility index (Phi) is 6.92. The Labute approximate surface area is 180 Å². The largest absolute Gasteiger partial charge is 0.474 e. The average molecular weight is 434 g/mol. The molecule has 0 spiro atoms. The van der Waals surface area contributed by atoms with Crippen LogP contribution in [-0.2, 0) is 11.3 Å². The van der Waals surface area contributed by atoms with Gasteiger partial charge in [-0.1, -0.05) is 6.07 Å². The van der Waals surface area contributed by atoms with Crippen LogP contribution in [0.15, 0.2) is 30.5 Å². The van der Waals surface area contributed by atoms with Gasteiger partial charge in [0.2, 0.25) is 11.8 Å². The molecule has 1 aromatic heterocycles. The lowest BCUT2D eigenvalue weighted by molar-refractivity contribution is -0.00150. The predicted octanol–water partition coefficient (Wildman–Crippen LogP) is 4.53. The first-order valence-electron chi connectivity index (χ1n) is 10.3. The molecule has 1 fully saturated rings. The lowest BCUT2D eigenvalue weighted by Crippen LogP contribution is -2.49. The minimum atomic E-state index is -0.634. The van der Waals surface area contributed by atoms with Gasteiger partial charge >= 0.3 is 6.09 Å². The summed E-state index contributed by atoms with van der Waals surface area (Å²) in [6.45, 7) is 8.13. The molecule has 0 radical (unpaired) electrons. The third-order valence-electron chi connectivity index (χ3n) is 4.83. The van der Waals surface area contributed by atoms with Gasteiger partial charge in [0.05, 0.1) is 0 Å². The van der Waals surface area contributed by atoms with Crippen molar-refractivity contribution in [1.29, 1.82) is 0 Å². The summed E-state index contributed by atoms with van der Waals surface area (Å²) in [5, 5.41) is 2.92. The Balaban J connectivity index is 1.55. The van der Waals surface area contributed by atoms with Gasteiger partial charge < -0.3 is 19.7 Å². The van der Waals surface area contributed by atoms with Crippen molar-refractivity contribution in [1.82, 2.24) is 14.9 Å². The van der Waals surface area contributed by atoms with Crippen molar-refractivity contribution >= 4 is 12.0 Å².